The first-order valence-corrected chi connectivity index (χ1v) is 8.40. The highest BCUT2D eigenvalue weighted by Gasteiger charge is 2.26. The zero-order valence-corrected chi connectivity index (χ0v) is 14.9. The van der Waals surface area contributed by atoms with Gasteiger partial charge < -0.3 is 14.5 Å². The van der Waals surface area contributed by atoms with Crippen molar-refractivity contribution in [3.63, 3.8) is 0 Å². The quantitative estimate of drug-likeness (QED) is 0.697. The number of carbonyl (C=O) groups is 1. The van der Waals surface area contributed by atoms with E-state index >= 15 is 0 Å². The molecule has 1 N–H and O–H groups in total. The molecular weight excluding hydrogens is 328 g/mol. The standard InChI is InChI=1S/C21H22N2O3/c1-23(15-19-12-7-13-26-19)20(16-8-4-3-5-9-16)21(24)22-17-10-6-11-18(14-17)25-2/h3-14,20H,15H2,1-2H3,(H,22,24)/t20-/m0/s1. The number of rotatable bonds is 7. The summed E-state index contributed by atoms with van der Waals surface area (Å²) in [4.78, 5) is 15.0. The molecule has 0 aliphatic carbocycles. The molecule has 0 bridgehead atoms. The molecule has 134 valence electrons. The summed E-state index contributed by atoms with van der Waals surface area (Å²) in [5.41, 5.74) is 1.61. The maximum absolute atomic E-state index is 13.1. The number of benzene rings is 2. The van der Waals surface area contributed by atoms with E-state index in [0.29, 0.717) is 18.0 Å². The second-order valence-corrected chi connectivity index (χ2v) is 6.03. The predicted octanol–water partition coefficient (Wildman–Crippen LogP) is 4.10. The normalized spacial score (nSPS) is 12.0. The first-order chi connectivity index (χ1) is 12.7. The van der Waals surface area contributed by atoms with Gasteiger partial charge in [-0.15, -0.1) is 0 Å². The SMILES string of the molecule is COc1cccc(NC(=O)[C@H](c2ccccc2)N(C)Cc2ccco2)c1. The molecule has 0 aliphatic rings. The maximum Gasteiger partial charge on any atom is 0.246 e. The number of furan rings is 1. The molecule has 0 unspecified atom stereocenters. The Bertz CT molecular complexity index is 831. The average Bonchev–Trinajstić information content (AvgIpc) is 3.16. The van der Waals surface area contributed by atoms with E-state index in [0.717, 1.165) is 11.3 Å². The summed E-state index contributed by atoms with van der Waals surface area (Å²) >= 11 is 0. The highest BCUT2D eigenvalue weighted by molar-refractivity contribution is 5.95. The Morgan fingerprint density at radius 1 is 1.12 bits per heavy atom. The number of amides is 1. The highest BCUT2D eigenvalue weighted by Crippen LogP contribution is 2.24. The number of methoxy groups -OCH3 is 1. The summed E-state index contributed by atoms with van der Waals surface area (Å²) in [7, 11) is 3.51. The molecule has 1 aromatic heterocycles. The molecule has 0 aliphatic heterocycles. The fraction of sp³-hybridized carbons (Fsp3) is 0.190. The van der Waals surface area contributed by atoms with Crippen LogP contribution in [0.2, 0.25) is 0 Å². The van der Waals surface area contributed by atoms with E-state index in [1.807, 2.05) is 72.6 Å². The number of ether oxygens (including phenoxy) is 1. The van der Waals surface area contributed by atoms with Crippen molar-refractivity contribution in [2.45, 2.75) is 12.6 Å². The Kier molecular flexibility index (Phi) is 5.71. The highest BCUT2D eigenvalue weighted by atomic mass is 16.5. The lowest BCUT2D eigenvalue weighted by atomic mass is 10.0. The number of likely N-dealkylation sites (N-methyl/N-ethyl adjacent to an activating group) is 1. The van der Waals surface area contributed by atoms with Gasteiger partial charge in [-0.1, -0.05) is 36.4 Å². The zero-order chi connectivity index (χ0) is 18.4. The minimum atomic E-state index is -0.451. The summed E-state index contributed by atoms with van der Waals surface area (Å²) in [6.45, 7) is 0.526. The lowest BCUT2D eigenvalue weighted by Crippen LogP contribution is -2.34. The largest absolute Gasteiger partial charge is 0.497 e. The molecule has 5 heteroatoms. The van der Waals surface area contributed by atoms with E-state index in [1.54, 1.807) is 19.4 Å². The Labute approximate surface area is 153 Å². The van der Waals surface area contributed by atoms with Crippen LogP contribution in [0.25, 0.3) is 0 Å². The van der Waals surface area contributed by atoms with Crippen molar-refractivity contribution in [3.05, 3.63) is 84.3 Å². The first kappa shape index (κ1) is 17.8. The first-order valence-electron chi connectivity index (χ1n) is 8.40. The minimum Gasteiger partial charge on any atom is -0.497 e. The smallest absolute Gasteiger partial charge is 0.246 e. The van der Waals surface area contributed by atoms with Crippen LogP contribution < -0.4 is 10.1 Å². The van der Waals surface area contributed by atoms with Gasteiger partial charge in [0.15, 0.2) is 0 Å². The number of hydrogen-bond donors (Lipinski definition) is 1. The van der Waals surface area contributed by atoms with E-state index in [2.05, 4.69) is 5.32 Å². The van der Waals surface area contributed by atoms with Crippen LogP contribution in [0.4, 0.5) is 5.69 Å². The van der Waals surface area contributed by atoms with Gasteiger partial charge in [-0.25, -0.2) is 0 Å². The Morgan fingerprint density at radius 3 is 2.62 bits per heavy atom. The molecule has 3 aromatic rings. The molecule has 1 heterocycles. The Hall–Kier alpha value is -3.05. The van der Waals surface area contributed by atoms with Gasteiger partial charge in [-0.05, 0) is 36.9 Å². The summed E-state index contributed by atoms with van der Waals surface area (Å²) < 4.78 is 10.7. The van der Waals surface area contributed by atoms with Gasteiger partial charge in [0.2, 0.25) is 5.91 Å². The van der Waals surface area contributed by atoms with Crippen LogP contribution in [0.5, 0.6) is 5.75 Å². The molecule has 26 heavy (non-hydrogen) atoms. The van der Waals surface area contributed by atoms with E-state index < -0.39 is 6.04 Å². The molecule has 5 nitrogen and oxygen atoms in total. The van der Waals surface area contributed by atoms with Gasteiger partial charge in [-0.2, -0.15) is 0 Å². The number of nitrogens with one attached hydrogen (secondary N) is 1. The van der Waals surface area contributed by atoms with Crippen molar-refractivity contribution in [2.24, 2.45) is 0 Å². The minimum absolute atomic E-state index is 0.112. The number of hydrogen-bond acceptors (Lipinski definition) is 4. The molecular formula is C21H22N2O3. The van der Waals surface area contributed by atoms with Crippen LogP contribution in [0.15, 0.2) is 77.4 Å². The van der Waals surface area contributed by atoms with Crippen molar-refractivity contribution in [2.75, 3.05) is 19.5 Å². The maximum atomic E-state index is 13.1. The van der Waals surface area contributed by atoms with Crippen molar-refractivity contribution < 1.29 is 13.9 Å². The molecule has 2 aromatic carbocycles. The van der Waals surface area contributed by atoms with E-state index in [-0.39, 0.29) is 5.91 Å². The van der Waals surface area contributed by atoms with Crippen LogP contribution in [0, 0.1) is 0 Å². The fourth-order valence-electron chi connectivity index (χ4n) is 2.89. The molecule has 0 spiro atoms. The van der Waals surface area contributed by atoms with Gasteiger partial charge in [0.1, 0.15) is 17.6 Å². The van der Waals surface area contributed by atoms with E-state index in [1.165, 1.54) is 0 Å². The van der Waals surface area contributed by atoms with Gasteiger partial charge in [0.05, 0.1) is 19.9 Å². The third kappa shape index (κ3) is 4.32. The average molecular weight is 350 g/mol. The van der Waals surface area contributed by atoms with Crippen LogP contribution in [-0.4, -0.2) is 25.0 Å². The Morgan fingerprint density at radius 2 is 1.92 bits per heavy atom. The summed E-state index contributed by atoms with van der Waals surface area (Å²) in [5.74, 6) is 1.39. The summed E-state index contributed by atoms with van der Waals surface area (Å²) in [6.07, 6.45) is 1.64. The van der Waals surface area contributed by atoms with Crippen LogP contribution in [-0.2, 0) is 11.3 Å². The second-order valence-electron chi connectivity index (χ2n) is 6.03. The van der Waals surface area contributed by atoms with Crippen molar-refractivity contribution in [1.82, 2.24) is 4.90 Å². The molecule has 1 amide bonds. The van der Waals surface area contributed by atoms with Gasteiger partial charge in [-0.3, -0.25) is 9.69 Å². The lowest BCUT2D eigenvalue weighted by Gasteiger charge is -2.27. The fourth-order valence-corrected chi connectivity index (χ4v) is 2.89. The predicted molar refractivity (Wildman–Crippen MR) is 101 cm³/mol. The van der Waals surface area contributed by atoms with Crippen LogP contribution in [0.1, 0.15) is 17.4 Å². The van der Waals surface area contributed by atoms with E-state index in [9.17, 15) is 4.79 Å². The second kappa shape index (κ2) is 8.36. The number of anilines is 1. The summed E-state index contributed by atoms with van der Waals surface area (Å²) in [6, 6.07) is 20.3. The van der Waals surface area contributed by atoms with Gasteiger partial charge in [0.25, 0.3) is 0 Å². The molecule has 0 radical (unpaired) electrons. The topological polar surface area (TPSA) is 54.7 Å². The molecule has 0 saturated heterocycles. The molecule has 0 fully saturated rings. The third-order valence-corrected chi connectivity index (χ3v) is 4.13. The van der Waals surface area contributed by atoms with Crippen molar-refractivity contribution >= 4 is 11.6 Å². The lowest BCUT2D eigenvalue weighted by molar-refractivity contribution is -0.121. The van der Waals surface area contributed by atoms with Gasteiger partial charge >= 0.3 is 0 Å². The zero-order valence-electron chi connectivity index (χ0n) is 14.9. The summed E-state index contributed by atoms with van der Waals surface area (Å²) in [5, 5.41) is 2.98. The monoisotopic (exact) mass is 350 g/mol. The molecule has 0 saturated carbocycles. The van der Waals surface area contributed by atoms with E-state index in [4.69, 9.17) is 9.15 Å². The van der Waals surface area contributed by atoms with Crippen LogP contribution in [0.3, 0.4) is 0 Å². The number of nitrogens with zero attached hydrogens (tertiary/aromatic N) is 1. The van der Waals surface area contributed by atoms with Crippen LogP contribution >= 0.6 is 0 Å². The van der Waals surface area contributed by atoms with Crippen molar-refractivity contribution in [3.8, 4) is 5.75 Å². The third-order valence-electron chi connectivity index (χ3n) is 4.13. The molecule has 1 atom stereocenters. The molecule has 3 rings (SSSR count). The van der Waals surface area contributed by atoms with Gasteiger partial charge in [0, 0.05) is 11.8 Å². The van der Waals surface area contributed by atoms with Crippen molar-refractivity contribution in [1.29, 1.82) is 0 Å². The Balaban J connectivity index is 1.83. The number of carbonyl (C=O) groups excluding carboxylic acids is 1.